The van der Waals surface area contributed by atoms with E-state index in [-0.39, 0.29) is 0 Å². The number of halogens is 1. The molecule has 1 aromatic carbocycles. The van der Waals surface area contributed by atoms with Gasteiger partial charge in [-0.1, -0.05) is 0 Å². The van der Waals surface area contributed by atoms with Crippen molar-refractivity contribution >= 4 is 34.0 Å². The molecule has 0 atom stereocenters. The molecule has 0 unspecified atom stereocenters. The Bertz CT molecular complexity index is 310. The van der Waals surface area contributed by atoms with Crippen molar-refractivity contribution in [3.63, 3.8) is 0 Å². The average Bonchev–Trinajstić information content (AvgIpc) is 2.03. The maximum absolute atomic E-state index is 10.7. The first-order valence-corrected chi connectivity index (χ1v) is 5.50. The van der Waals surface area contributed by atoms with Crippen LogP contribution in [0.4, 0.5) is 0 Å². The molecule has 12 heavy (non-hydrogen) atoms. The van der Waals surface area contributed by atoms with Gasteiger partial charge in [0, 0.05) is 14.9 Å². The predicted octanol–water partition coefficient (Wildman–Crippen LogP) is 3.29. The van der Waals surface area contributed by atoms with Crippen LogP contribution in [-0.4, -0.2) is 12.5 Å². The zero-order valence-corrected chi connectivity index (χ0v) is 9.33. The number of rotatable bonds is 2. The van der Waals surface area contributed by atoms with Crippen molar-refractivity contribution in [3.8, 4) is 0 Å². The number of hydrogen-bond acceptors (Lipinski definition) is 2. The Hall–Kier alpha value is -0.280. The van der Waals surface area contributed by atoms with Crippen molar-refractivity contribution < 1.29 is 4.79 Å². The van der Waals surface area contributed by atoms with E-state index in [1.54, 1.807) is 11.8 Å². The van der Waals surface area contributed by atoms with Gasteiger partial charge in [0.05, 0.1) is 0 Å². The second-order valence-electron chi connectivity index (χ2n) is 2.49. The lowest BCUT2D eigenvalue weighted by Crippen LogP contribution is -1.87. The summed E-state index contributed by atoms with van der Waals surface area (Å²) < 4.78 is 0.997. The van der Waals surface area contributed by atoms with Crippen molar-refractivity contribution in [3.05, 3.63) is 27.7 Å². The van der Waals surface area contributed by atoms with Crippen LogP contribution in [0.5, 0.6) is 0 Å². The molecule has 0 saturated carbocycles. The van der Waals surface area contributed by atoms with Crippen LogP contribution in [0.25, 0.3) is 0 Å². The van der Waals surface area contributed by atoms with E-state index in [2.05, 4.69) is 15.9 Å². The van der Waals surface area contributed by atoms with E-state index < -0.39 is 0 Å². The van der Waals surface area contributed by atoms with Gasteiger partial charge in [0.2, 0.25) is 0 Å². The minimum atomic E-state index is 0.759. The van der Waals surface area contributed by atoms with Crippen LogP contribution in [-0.2, 0) is 0 Å². The maximum atomic E-state index is 10.7. The Balaban J connectivity index is 3.33. The number of aryl methyl sites for hydroxylation is 1. The quantitative estimate of drug-likeness (QED) is 0.587. The zero-order chi connectivity index (χ0) is 9.14. The number of benzene rings is 1. The molecular weight excluding hydrogens is 236 g/mol. The number of aldehydes is 1. The third-order valence-corrected chi connectivity index (χ3v) is 3.30. The molecular formula is C9H9BrOS. The van der Waals surface area contributed by atoms with E-state index in [0.717, 1.165) is 26.8 Å². The van der Waals surface area contributed by atoms with Crippen LogP contribution in [0.15, 0.2) is 21.5 Å². The zero-order valence-electron chi connectivity index (χ0n) is 6.93. The molecule has 0 fully saturated rings. The third kappa shape index (κ3) is 1.90. The van der Waals surface area contributed by atoms with Gasteiger partial charge in [-0.15, -0.1) is 11.8 Å². The van der Waals surface area contributed by atoms with Gasteiger partial charge in [-0.25, -0.2) is 0 Å². The van der Waals surface area contributed by atoms with Gasteiger partial charge >= 0.3 is 0 Å². The van der Waals surface area contributed by atoms with Gasteiger partial charge in [-0.05, 0) is 46.8 Å². The van der Waals surface area contributed by atoms with E-state index in [0.29, 0.717) is 0 Å². The van der Waals surface area contributed by atoms with E-state index in [1.165, 1.54) is 0 Å². The number of carbonyl (C=O) groups excluding carboxylic acids is 1. The second kappa shape index (κ2) is 4.10. The van der Waals surface area contributed by atoms with Crippen molar-refractivity contribution in [2.24, 2.45) is 0 Å². The highest BCUT2D eigenvalue weighted by atomic mass is 79.9. The number of thioether (sulfide) groups is 1. The molecule has 1 aromatic rings. The first-order valence-electron chi connectivity index (χ1n) is 3.48. The second-order valence-corrected chi connectivity index (χ2v) is 4.16. The molecule has 0 heterocycles. The summed E-state index contributed by atoms with van der Waals surface area (Å²) in [6.07, 6.45) is 2.85. The Morgan fingerprint density at radius 1 is 1.50 bits per heavy atom. The highest BCUT2D eigenvalue weighted by Crippen LogP contribution is 2.29. The molecule has 0 bridgehead atoms. The smallest absolute Gasteiger partial charge is 0.151 e. The SMILES string of the molecule is CSc1c(Br)cc(C)cc1C=O. The fourth-order valence-corrected chi connectivity index (χ4v) is 2.73. The van der Waals surface area contributed by atoms with E-state index >= 15 is 0 Å². The highest BCUT2D eigenvalue weighted by Gasteiger charge is 2.05. The summed E-state index contributed by atoms with van der Waals surface area (Å²) in [5.74, 6) is 0. The third-order valence-electron chi connectivity index (χ3n) is 1.55. The first kappa shape index (κ1) is 9.81. The summed E-state index contributed by atoms with van der Waals surface area (Å²) in [5.41, 5.74) is 1.86. The summed E-state index contributed by atoms with van der Waals surface area (Å²) in [7, 11) is 0. The van der Waals surface area contributed by atoms with Gasteiger partial charge in [-0.3, -0.25) is 4.79 Å². The average molecular weight is 245 g/mol. The molecule has 1 nitrogen and oxygen atoms in total. The van der Waals surface area contributed by atoms with E-state index in [9.17, 15) is 4.79 Å². The van der Waals surface area contributed by atoms with Crippen LogP contribution in [0.2, 0.25) is 0 Å². The molecule has 0 aliphatic rings. The standard InChI is InChI=1S/C9H9BrOS/c1-6-3-7(5-11)9(12-2)8(10)4-6/h3-5H,1-2H3. The normalized spacial score (nSPS) is 9.92. The minimum Gasteiger partial charge on any atom is -0.298 e. The van der Waals surface area contributed by atoms with Gasteiger partial charge in [0.1, 0.15) is 0 Å². The molecule has 0 aliphatic heterocycles. The van der Waals surface area contributed by atoms with Gasteiger partial charge in [0.25, 0.3) is 0 Å². The van der Waals surface area contributed by atoms with Crippen molar-refractivity contribution in [2.45, 2.75) is 11.8 Å². The van der Waals surface area contributed by atoms with Gasteiger partial charge in [-0.2, -0.15) is 0 Å². The Morgan fingerprint density at radius 3 is 2.67 bits per heavy atom. The summed E-state index contributed by atoms with van der Waals surface area (Å²) in [4.78, 5) is 11.7. The lowest BCUT2D eigenvalue weighted by molar-refractivity contribution is 0.112. The Kier molecular flexibility index (Phi) is 3.35. The lowest BCUT2D eigenvalue weighted by Gasteiger charge is -2.05. The number of hydrogen-bond donors (Lipinski definition) is 0. The van der Waals surface area contributed by atoms with Gasteiger partial charge in [0.15, 0.2) is 6.29 Å². The van der Waals surface area contributed by atoms with Crippen molar-refractivity contribution in [2.75, 3.05) is 6.26 Å². The first-order chi connectivity index (χ1) is 5.69. The molecule has 0 aliphatic carbocycles. The Labute approximate surface area is 84.7 Å². The van der Waals surface area contributed by atoms with Crippen LogP contribution in [0.1, 0.15) is 15.9 Å². The Morgan fingerprint density at radius 2 is 2.17 bits per heavy atom. The minimum absolute atomic E-state index is 0.759. The summed E-state index contributed by atoms with van der Waals surface area (Å²) in [5, 5.41) is 0. The predicted molar refractivity (Wildman–Crippen MR) is 56.0 cm³/mol. The molecule has 64 valence electrons. The van der Waals surface area contributed by atoms with Crippen molar-refractivity contribution in [1.29, 1.82) is 0 Å². The largest absolute Gasteiger partial charge is 0.298 e. The highest BCUT2D eigenvalue weighted by molar-refractivity contribution is 9.10. The van der Waals surface area contributed by atoms with Crippen LogP contribution in [0.3, 0.4) is 0 Å². The maximum Gasteiger partial charge on any atom is 0.151 e. The molecule has 1 rings (SSSR count). The molecule has 0 spiro atoms. The van der Waals surface area contributed by atoms with Crippen molar-refractivity contribution in [1.82, 2.24) is 0 Å². The van der Waals surface area contributed by atoms with Crippen LogP contribution >= 0.6 is 27.7 Å². The molecule has 3 heteroatoms. The topological polar surface area (TPSA) is 17.1 Å². The van der Waals surface area contributed by atoms with E-state index in [4.69, 9.17) is 0 Å². The fraction of sp³-hybridized carbons (Fsp3) is 0.222. The molecule has 0 amide bonds. The molecule has 0 radical (unpaired) electrons. The fourth-order valence-electron chi connectivity index (χ4n) is 1.06. The molecule has 0 N–H and O–H groups in total. The van der Waals surface area contributed by atoms with Crippen LogP contribution < -0.4 is 0 Å². The monoisotopic (exact) mass is 244 g/mol. The summed E-state index contributed by atoms with van der Waals surface area (Å²) >= 11 is 5.00. The summed E-state index contributed by atoms with van der Waals surface area (Å²) in [6.45, 7) is 1.97. The number of carbonyl (C=O) groups is 1. The van der Waals surface area contributed by atoms with E-state index in [1.807, 2.05) is 25.3 Å². The summed E-state index contributed by atoms with van der Waals surface area (Å²) in [6, 6.07) is 3.91. The van der Waals surface area contributed by atoms with Gasteiger partial charge < -0.3 is 0 Å². The molecule has 0 saturated heterocycles. The van der Waals surface area contributed by atoms with Crippen LogP contribution in [0, 0.1) is 6.92 Å². The molecule has 0 aromatic heterocycles. The lowest BCUT2D eigenvalue weighted by atomic mass is 10.1.